The third kappa shape index (κ3) is 8.06. The Morgan fingerprint density at radius 1 is 1.06 bits per heavy atom. The number of hydrogen-bond donors (Lipinski definition) is 1. The van der Waals surface area contributed by atoms with Gasteiger partial charge in [0.25, 0.3) is 0 Å². The van der Waals surface area contributed by atoms with Crippen molar-refractivity contribution >= 4 is 35.2 Å². The number of carbonyl (C=O) groups excluding carboxylic acids is 2. The van der Waals surface area contributed by atoms with E-state index in [2.05, 4.69) is 5.32 Å². The van der Waals surface area contributed by atoms with Gasteiger partial charge in [-0.05, 0) is 61.7 Å². The molecule has 7 heteroatoms. The summed E-state index contributed by atoms with van der Waals surface area (Å²) in [7, 11) is 1.62. The van der Waals surface area contributed by atoms with Gasteiger partial charge in [0.2, 0.25) is 11.8 Å². The van der Waals surface area contributed by atoms with Crippen LogP contribution in [0.3, 0.4) is 0 Å². The summed E-state index contributed by atoms with van der Waals surface area (Å²) >= 11 is 7.55. The van der Waals surface area contributed by atoms with Crippen molar-refractivity contribution in [1.82, 2.24) is 10.2 Å². The number of amides is 2. The van der Waals surface area contributed by atoms with E-state index in [1.165, 1.54) is 0 Å². The minimum atomic E-state index is -0.515. The van der Waals surface area contributed by atoms with Crippen LogP contribution in [-0.2, 0) is 16.1 Å². The summed E-state index contributed by atoms with van der Waals surface area (Å²) in [6, 6.07) is 14.7. The van der Waals surface area contributed by atoms with Gasteiger partial charge < -0.3 is 15.0 Å². The number of rotatable bonds is 12. The molecule has 0 fully saturated rings. The Hall–Kier alpha value is -2.18. The second kappa shape index (κ2) is 13.4. The summed E-state index contributed by atoms with van der Waals surface area (Å²) in [5, 5.41) is 3.73. The third-order valence-corrected chi connectivity index (χ3v) is 6.56. The lowest BCUT2D eigenvalue weighted by Crippen LogP contribution is -2.50. The molecule has 0 aliphatic carbocycles. The molecule has 174 valence electrons. The van der Waals surface area contributed by atoms with E-state index in [4.69, 9.17) is 16.3 Å². The smallest absolute Gasteiger partial charge is 0.243 e. The largest absolute Gasteiger partial charge is 0.497 e. The topological polar surface area (TPSA) is 58.6 Å². The SMILES string of the molecule is CC[C@@H](C)NC(=O)[C@H](CC)N(Cc1ccc(OC)cc1)C(=O)CCSc1ccc(Cl)cc1. The molecule has 2 amide bonds. The first-order valence-electron chi connectivity index (χ1n) is 11.0. The highest BCUT2D eigenvalue weighted by molar-refractivity contribution is 7.99. The zero-order chi connectivity index (χ0) is 23.5. The van der Waals surface area contributed by atoms with Gasteiger partial charge in [-0.3, -0.25) is 9.59 Å². The average Bonchev–Trinajstić information content (AvgIpc) is 2.80. The maximum Gasteiger partial charge on any atom is 0.243 e. The number of methoxy groups -OCH3 is 1. The highest BCUT2D eigenvalue weighted by Gasteiger charge is 2.29. The fraction of sp³-hybridized carbons (Fsp3) is 0.440. The van der Waals surface area contributed by atoms with Crippen LogP contribution in [0.5, 0.6) is 5.75 Å². The Morgan fingerprint density at radius 3 is 2.28 bits per heavy atom. The highest BCUT2D eigenvalue weighted by Crippen LogP contribution is 2.22. The number of nitrogens with one attached hydrogen (secondary N) is 1. The van der Waals surface area contributed by atoms with E-state index in [1.54, 1.807) is 23.8 Å². The van der Waals surface area contributed by atoms with E-state index in [-0.39, 0.29) is 17.9 Å². The van der Waals surface area contributed by atoms with E-state index in [0.717, 1.165) is 22.6 Å². The Kier molecular flexibility index (Phi) is 10.9. The fourth-order valence-electron chi connectivity index (χ4n) is 3.22. The number of carbonyl (C=O) groups is 2. The standard InChI is InChI=1S/C25H33ClN2O3S/c1-5-18(3)27-25(30)23(6-2)28(17-19-7-11-21(31-4)12-8-19)24(29)15-16-32-22-13-9-20(26)10-14-22/h7-14,18,23H,5-6,15-17H2,1-4H3,(H,27,30)/t18-,23+/m1/s1. The lowest BCUT2D eigenvalue weighted by Gasteiger charge is -2.31. The lowest BCUT2D eigenvalue weighted by atomic mass is 10.1. The number of nitrogens with zero attached hydrogens (tertiary/aromatic N) is 1. The number of ether oxygens (including phenoxy) is 1. The normalized spacial score (nSPS) is 12.7. The Balaban J connectivity index is 2.13. The quantitative estimate of drug-likeness (QED) is 0.408. The van der Waals surface area contributed by atoms with Crippen molar-refractivity contribution in [2.75, 3.05) is 12.9 Å². The first kappa shape index (κ1) is 26.1. The van der Waals surface area contributed by atoms with Crippen molar-refractivity contribution in [2.24, 2.45) is 0 Å². The highest BCUT2D eigenvalue weighted by atomic mass is 35.5. The van der Waals surface area contributed by atoms with Gasteiger partial charge in [0, 0.05) is 34.7 Å². The summed E-state index contributed by atoms with van der Waals surface area (Å²) in [6.07, 6.45) is 1.73. The maximum atomic E-state index is 13.3. The van der Waals surface area contributed by atoms with Crippen LogP contribution in [0.1, 0.15) is 45.6 Å². The molecular weight excluding hydrogens is 444 g/mol. The summed E-state index contributed by atoms with van der Waals surface area (Å²) in [5.41, 5.74) is 0.958. The zero-order valence-electron chi connectivity index (χ0n) is 19.3. The molecule has 0 unspecified atom stereocenters. The van der Waals surface area contributed by atoms with Gasteiger partial charge in [0.15, 0.2) is 0 Å². The van der Waals surface area contributed by atoms with Gasteiger partial charge in [0.05, 0.1) is 7.11 Å². The molecule has 0 aliphatic heterocycles. The van der Waals surface area contributed by atoms with E-state index < -0.39 is 6.04 Å². The van der Waals surface area contributed by atoms with E-state index in [9.17, 15) is 9.59 Å². The van der Waals surface area contributed by atoms with Crippen LogP contribution in [0.15, 0.2) is 53.4 Å². The van der Waals surface area contributed by atoms with E-state index in [1.807, 2.05) is 69.3 Å². The molecule has 0 aliphatic rings. The maximum absolute atomic E-state index is 13.3. The van der Waals surface area contributed by atoms with Crippen LogP contribution >= 0.6 is 23.4 Å². The molecule has 0 saturated heterocycles. The molecule has 0 heterocycles. The molecule has 0 aromatic heterocycles. The Labute approximate surface area is 200 Å². The van der Waals surface area contributed by atoms with Gasteiger partial charge in [-0.25, -0.2) is 0 Å². The number of benzene rings is 2. The van der Waals surface area contributed by atoms with Crippen LogP contribution in [0.25, 0.3) is 0 Å². The molecular formula is C25H33ClN2O3S. The predicted molar refractivity (Wildman–Crippen MR) is 132 cm³/mol. The molecule has 5 nitrogen and oxygen atoms in total. The summed E-state index contributed by atoms with van der Waals surface area (Å²) in [5.74, 6) is 1.25. The molecule has 1 N–H and O–H groups in total. The summed E-state index contributed by atoms with van der Waals surface area (Å²) < 4.78 is 5.23. The van der Waals surface area contributed by atoms with Crippen molar-refractivity contribution < 1.29 is 14.3 Å². The van der Waals surface area contributed by atoms with Crippen molar-refractivity contribution in [3.63, 3.8) is 0 Å². The molecule has 0 bridgehead atoms. The molecule has 2 rings (SSSR count). The summed E-state index contributed by atoms with van der Waals surface area (Å²) in [4.78, 5) is 29.0. The molecule has 0 saturated carbocycles. The minimum absolute atomic E-state index is 0.0339. The van der Waals surface area contributed by atoms with Crippen molar-refractivity contribution in [1.29, 1.82) is 0 Å². The van der Waals surface area contributed by atoms with Gasteiger partial charge in [-0.15, -0.1) is 11.8 Å². The first-order valence-corrected chi connectivity index (χ1v) is 12.3. The van der Waals surface area contributed by atoms with E-state index >= 15 is 0 Å². The molecule has 0 spiro atoms. The summed E-state index contributed by atoms with van der Waals surface area (Å²) in [6.45, 7) is 6.32. The van der Waals surface area contributed by atoms with Gasteiger partial charge in [-0.1, -0.05) is 37.6 Å². The zero-order valence-corrected chi connectivity index (χ0v) is 20.8. The molecule has 2 aromatic carbocycles. The van der Waals surface area contributed by atoms with E-state index in [0.29, 0.717) is 30.2 Å². The average molecular weight is 477 g/mol. The molecule has 2 atom stereocenters. The van der Waals surface area contributed by atoms with Crippen molar-refractivity contribution in [3.05, 3.63) is 59.1 Å². The van der Waals surface area contributed by atoms with Crippen molar-refractivity contribution in [2.45, 2.75) is 63.6 Å². The molecule has 32 heavy (non-hydrogen) atoms. The monoisotopic (exact) mass is 476 g/mol. The number of hydrogen-bond acceptors (Lipinski definition) is 4. The van der Waals surface area contributed by atoms with Gasteiger partial charge in [0.1, 0.15) is 11.8 Å². The van der Waals surface area contributed by atoms with Crippen LogP contribution < -0.4 is 10.1 Å². The fourth-order valence-corrected chi connectivity index (χ4v) is 4.19. The van der Waals surface area contributed by atoms with Crippen LogP contribution in [0.4, 0.5) is 0 Å². The van der Waals surface area contributed by atoms with Crippen molar-refractivity contribution in [3.8, 4) is 5.75 Å². The third-order valence-electron chi connectivity index (χ3n) is 5.30. The predicted octanol–water partition coefficient (Wildman–Crippen LogP) is 5.55. The first-order chi connectivity index (χ1) is 15.4. The van der Waals surface area contributed by atoms with Crippen LogP contribution in [0.2, 0.25) is 5.02 Å². The van der Waals surface area contributed by atoms with Gasteiger partial charge in [-0.2, -0.15) is 0 Å². The van der Waals surface area contributed by atoms with Crippen LogP contribution in [-0.4, -0.2) is 41.7 Å². The number of thioether (sulfide) groups is 1. The number of halogens is 1. The second-order valence-corrected chi connectivity index (χ2v) is 9.27. The second-order valence-electron chi connectivity index (χ2n) is 7.66. The van der Waals surface area contributed by atoms with Crippen LogP contribution in [0, 0.1) is 0 Å². The molecule has 0 radical (unpaired) electrons. The lowest BCUT2D eigenvalue weighted by molar-refractivity contribution is -0.141. The molecule has 2 aromatic rings. The Morgan fingerprint density at radius 2 is 1.72 bits per heavy atom. The minimum Gasteiger partial charge on any atom is -0.497 e. The van der Waals surface area contributed by atoms with Gasteiger partial charge >= 0.3 is 0 Å². The Bertz CT molecular complexity index is 858.